The van der Waals surface area contributed by atoms with Crippen molar-refractivity contribution < 1.29 is 4.74 Å². The van der Waals surface area contributed by atoms with Crippen molar-refractivity contribution in [2.45, 2.75) is 33.7 Å². The summed E-state index contributed by atoms with van der Waals surface area (Å²) in [6.07, 6.45) is 0.905. The average molecular weight is 471 g/mol. The van der Waals surface area contributed by atoms with Gasteiger partial charge in [0.25, 0.3) is 0 Å². The predicted molar refractivity (Wildman–Crippen MR) is 118 cm³/mol. The minimum absolute atomic E-state index is 0. The maximum Gasteiger partial charge on any atom is 0.191 e. The number of methoxy groups -OCH3 is 1. The van der Waals surface area contributed by atoms with E-state index >= 15 is 0 Å². The summed E-state index contributed by atoms with van der Waals surface area (Å²) < 4.78 is 7.29. The number of aromatic nitrogens is 2. The van der Waals surface area contributed by atoms with Crippen LogP contribution in [0.25, 0.3) is 0 Å². The van der Waals surface area contributed by atoms with Crippen molar-refractivity contribution in [1.82, 2.24) is 20.4 Å². The molecule has 26 heavy (non-hydrogen) atoms. The van der Waals surface area contributed by atoms with Gasteiger partial charge in [0.1, 0.15) is 5.75 Å². The second-order valence-corrected chi connectivity index (χ2v) is 6.18. The van der Waals surface area contributed by atoms with Crippen molar-refractivity contribution in [3.8, 4) is 5.75 Å². The van der Waals surface area contributed by atoms with Gasteiger partial charge in [-0.25, -0.2) is 0 Å². The second kappa shape index (κ2) is 10.4. The van der Waals surface area contributed by atoms with Gasteiger partial charge in [-0.15, -0.1) is 24.0 Å². The minimum Gasteiger partial charge on any atom is -0.496 e. The molecule has 0 aliphatic carbocycles. The quantitative estimate of drug-likeness (QED) is 0.387. The van der Waals surface area contributed by atoms with E-state index in [0.717, 1.165) is 35.9 Å². The number of rotatable bonds is 6. The van der Waals surface area contributed by atoms with Gasteiger partial charge in [0, 0.05) is 38.4 Å². The molecule has 7 heteroatoms. The first kappa shape index (κ1) is 22.3. The van der Waals surface area contributed by atoms with E-state index in [9.17, 15) is 0 Å². The van der Waals surface area contributed by atoms with Gasteiger partial charge in [-0.2, -0.15) is 5.10 Å². The molecule has 1 aromatic heterocycles. The first-order valence-corrected chi connectivity index (χ1v) is 8.53. The Kier molecular flexibility index (Phi) is 8.91. The Morgan fingerprint density at radius 1 is 1.23 bits per heavy atom. The smallest absolute Gasteiger partial charge is 0.191 e. The maximum atomic E-state index is 5.38. The van der Waals surface area contributed by atoms with Crippen molar-refractivity contribution in [2.24, 2.45) is 12.0 Å². The summed E-state index contributed by atoms with van der Waals surface area (Å²) in [5.41, 5.74) is 5.83. The Morgan fingerprint density at radius 2 is 1.96 bits per heavy atom. The molecule has 0 spiro atoms. The third kappa shape index (κ3) is 5.62. The van der Waals surface area contributed by atoms with E-state index in [1.807, 2.05) is 18.7 Å². The molecule has 0 aliphatic heterocycles. The standard InChI is InChI=1S/C19H29N5O.HI/c1-13-7-8-16(11-18(13)25-6)9-10-21-19(20-4)22-12-17-14(2)23-24(5)15(17)3;/h7-8,11H,9-10,12H2,1-6H3,(H2,20,21,22);1H. The van der Waals surface area contributed by atoms with E-state index in [2.05, 4.69) is 52.8 Å². The molecule has 0 atom stereocenters. The molecule has 1 aromatic carbocycles. The van der Waals surface area contributed by atoms with Crippen molar-refractivity contribution in [1.29, 1.82) is 0 Å². The monoisotopic (exact) mass is 471 g/mol. The molecule has 144 valence electrons. The summed E-state index contributed by atoms with van der Waals surface area (Å²) >= 11 is 0. The van der Waals surface area contributed by atoms with E-state index in [0.29, 0.717) is 6.54 Å². The fourth-order valence-corrected chi connectivity index (χ4v) is 2.81. The number of ether oxygens (including phenoxy) is 1. The van der Waals surface area contributed by atoms with Crippen LogP contribution in [0.5, 0.6) is 5.75 Å². The van der Waals surface area contributed by atoms with Gasteiger partial charge in [-0.1, -0.05) is 12.1 Å². The molecular formula is C19H30IN5O. The number of aliphatic imine (C=N–C) groups is 1. The van der Waals surface area contributed by atoms with Crippen molar-refractivity contribution in [3.63, 3.8) is 0 Å². The molecule has 0 saturated carbocycles. The third-order valence-corrected chi connectivity index (χ3v) is 4.49. The molecule has 0 bridgehead atoms. The molecule has 6 nitrogen and oxygen atoms in total. The normalized spacial score (nSPS) is 11.1. The zero-order chi connectivity index (χ0) is 18.4. The van der Waals surface area contributed by atoms with Crippen LogP contribution in [0.4, 0.5) is 0 Å². The van der Waals surface area contributed by atoms with Crippen LogP contribution in [-0.4, -0.2) is 36.4 Å². The molecular weight excluding hydrogens is 441 g/mol. The Morgan fingerprint density at radius 3 is 2.54 bits per heavy atom. The summed E-state index contributed by atoms with van der Waals surface area (Å²) in [7, 11) is 5.46. The van der Waals surface area contributed by atoms with E-state index in [4.69, 9.17) is 4.74 Å². The van der Waals surface area contributed by atoms with Crippen molar-refractivity contribution in [3.05, 3.63) is 46.3 Å². The van der Waals surface area contributed by atoms with Crippen LogP contribution in [0.1, 0.15) is 28.1 Å². The van der Waals surface area contributed by atoms with E-state index < -0.39 is 0 Å². The number of hydrogen-bond donors (Lipinski definition) is 2. The molecule has 2 N–H and O–H groups in total. The van der Waals surface area contributed by atoms with Gasteiger partial charge in [0.15, 0.2) is 5.96 Å². The number of guanidine groups is 1. The lowest BCUT2D eigenvalue weighted by molar-refractivity contribution is 0.411. The highest BCUT2D eigenvalue weighted by Crippen LogP contribution is 2.19. The molecule has 0 aliphatic rings. The van der Waals surface area contributed by atoms with Crippen LogP contribution in [0, 0.1) is 20.8 Å². The number of benzene rings is 1. The fourth-order valence-electron chi connectivity index (χ4n) is 2.81. The summed E-state index contributed by atoms with van der Waals surface area (Å²) in [5.74, 6) is 1.73. The number of aryl methyl sites for hydroxylation is 3. The molecule has 0 radical (unpaired) electrons. The number of hydrogen-bond acceptors (Lipinski definition) is 3. The average Bonchev–Trinajstić information content (AvgIpc) is 2.84. The summed E-state index contributed by atoms with van der Waals surface area (Å²) in [4.78, 5) is 4.29. The van der Waals surface area contributed by atoms with Gasteiger partial charge < -0.3 is 15.4 Å². The van der Waals surface area contributed by atoms with Crippen molar-refractivity contribution >= 4 is 29.9 Å². The molecule has 0 amide bonds. The van der Waals surface area contributed by atoms with E-state index in [1.165, 1.54) is 16.8 Å². The SMILES string of the molecule is CN=C(NCCc1ccc(C)c(OC)c1)NCc1c(C)nn(C)c1C.I. The Balaban J connectivity index is 0.00000338. The highest BCUT2D eigenvalue weighted by atomic mass is 127. The zero-order valence-electron chi connectivity index (χ0n) is 16.5. The molecule has 1 heterocycles. The van der Waals surface area contributed by atoms with Gasteiger partial charge in [0.2, 0.25) is 0 Å². The van der Waals surface area contributed by atoms with Gasteiger partial charge in [-0.05, 0) is 44.4 Å². The van der Waals surface area contributed by atoms with Crippen LogP contribution in [0.3, 0.4) is 0 Å². The lowest BCUT2D eigenvalue weighted by Gasteiger charge is -2.13. The lowest BCUT2D eigenvalue weighted by Crippen LogP contribution is -2.38. The first-order valence-electron chi connectivity index (χ1n) is 8.53. The Hall–Kier alpha value is -1.77. The minimum atomic E-state index is 0. The topological polar surface area (TPSA) is 63.5 Å². The van der Waals surface area contributed by atoms with Crippen molar-refractivity contribution in [2.75, 3.05) is 20.7 Å². The second-order valence-electron chi connectivity index (χ2n) is 6.18. The highest BCUT2D eigenvalue weighted by Gasteiger charge is 2.09. The summed E-state index contributed by atoms with van der Waals surface area (Å²) in [5, 5.41) is 11.2. The summed E-state index contributed by atoms with van der Waals surface area (Å²) in [6, 6.07) is 6.32. The Bertz CT molecular complexity index is 755. The zero-order valence-corrected chi connectivity index (χ0v) is 18.8. The maximum absolute atomic E-state index is 5.38. The van der Waals surface area contributed by atoms with Crippen LogP contribution in [0.15, 0.2) is 23.2 Å². The predicted octanol–water partition coefficient (Wildman–Crippen LogP) is 2.88. The van der Waals surface area contributed by atoms with Gasteiger partial charge in [0.05, 0.1) is 12.8 Å². The molecule has 2 aromatic rings. The highest BCUT2D eigenvalue weighted by molar-refractivity contribution is 14.0. The Labute approximate surface area is 173 Å². The number of halogens is 1. The molecule has 0 fully saturated rings. The van der Waals surface area contributed by atoms with Crippen LogP contribution in [0.2, 0.25) is 0 Å². The molecule has 2 rings (SSSR count). The fraction of sp³-hybridized carbons (Fsp3) is 0.474. The number of nitrogens with zero attached hydrogens (tertiary/aromatic N) is 3. The van der Waals surface area contributed by atoms with Crippen LogP contribution < -0.4 is 15.4 Å². The molecule has 0 unspecified atom stereocenters. The first-order chi connectivity index (χ1) is 12.0. The van der Waals surface area contributed by atoms with Crippen LogP contribution >= 0.6 is 24.0 Å². The van der Waals surface area contributed by atoms with E-state index in [1.54, 1.807) is 14.2 Å². The summed E-state index contributed by atoms with van der Waals surface area (Å²) in [6.45, 7) is 7.68. The lowest BCUT2D eigenvalue weighted by atomic mass is 10.1. The van der Waals surface area contributed by atoms with Gasteiger partial charge >= 0.3 is 0 Å². The largest absolute Gasteiger partial charge is 0.496 e. The van der Waals surface area contributed by atoms with Gasteiger partial charge in [-0.3, -0.25) is 9.67 Å². The third-order valence-electron chi connectivity index (χ3n) is 4.49. The molecule has 0 saturated heterocycles. The van der Waals surface area contributed by atoms with Crippen LogP contribution in [-0.2, 0) is 20.0 Å². The number of nitrogens with one attached hydrogen (secondary N) is 2. The van der Waals surface area contributed by atoms with E-state index in [-0.39, 0.29) is 24.0 Å².